The van der Waals surface area contributed by atoms with E-state index in [0.29, 0.717) is 23.2 Å². The average Bonchev–Trinajstić information content (AvgIpc) is 2.69. The smallest absolute Gasteiger partial charge is 0.313 e. The quantitative estimate of drug-likeness (QED) is 0.775. The van der Waals surface area contributed by atoms with E-state index < -0.39 is 11.8 Å². The van der Waals surface area contributed by atoms with Crippen LogP contribution in [-0.2, 0) is 16.1 Å². The van der Waals surface area contributed by atoms with E-state index >= 15 is 0 Å². The number of anilines is 1. The second-order valence-corrected chi connectivity index (χ2v) is 7.15. The van der Waals surface area contributed by atoms with Crippen molar-refractivity contribution in [2.75, 3.05) is 25.0 Å². The van der Waals surface area contributed by atoms with Crippen molar-refractivity contribution < 1.29 is 9.59 Å². The van der Waals surface area contributed by atoms with Gasteiger partial charge in [-0.25, -0.2) is 0 Å². The predicted molar refractivity (Wildman–Crippen MR) is 105 cm³/mol. The van der Waals surface area contributed by atoms with Crippen molar-refractivity contribution in [2.45, 2.75) is 19.4 Å². The zero-order valence-electron chi connectivity index (χ0n) is 15.0. The topological polar surface area (TPSA) is 74.3 Å². The van der Waals surface area contributed by atoms with Crippen LogP contribution in [0.3, 0.4) is 0 Å². The molecule has 2 N–H and O–H groups in total. The number of nitrogens with zero attached hydrogens (tertiary/aromatic N) is 2. The van der Waals surface area contributed by atoms with Crippen LogP contribution in [0.2, 0.25) is 5.02 Å². The Morgan fingerprint density at radius 1 is 1.07 bits per heavy atom. The first-order chi connectivity index (χ1) is 13.1. The lowest BCUT2D eigenvalue weighted by Crippen LogP contribution is -2.41. The van der Waals surface area contributed by atoms with E-state index in [-0.39, 0.29) is 0 Å². The Balaban J connectivity index is 1.37. The second kappa shape index (κ2) is 9.48. The molecule has 1 aliphatic heterocycles. The van der Waals surface area contributed by atoms with Gasteiger partial charge in [0.2, 0.25) is 0 Å². The molecule has 1 saturated heterocycles. The fraction of sp³-hybridized carbons (Fsp3) is 0.350. The molecule has 6 nitrogen and oxygen atoms in total. The number of carbonyl (C=O) groups excluding carboxylic acids is 2. The summed E-state index contributed by atoms with van der Waals surface area (Å²) in [7, 11) is 0. The SMILES string of the molecule is O=C(NCC1CCN(Cc2ccccn2)CC1)C(=O)Nc1ccc(Cl)cc1. The highest BCUT2D eigenvalue weighted by Gasteiger charge is 2.21. The summed E-state index contributed by atoms with van der Waals surface area (Å²) >= 11 is 5.80. The zero-order valence-corrected chi connectivity index (χ0v) is 15.8. The summed E-state index contributed by atoms with van der Waals surface area (Å²) in [5, 5.41) is 5.88. The number of halogens is 1. The minimum atomic E-state index is -0.662. The van der Waals surface area contributed by atoms with E-state index in [1.807, 2.05) is 24.4 Å². The van der Waals surface area contributed by atoms with Crippen molar-refractivity contribution in [3.63, 3.8) is 0 Å². The van der Waals surface area contributed by atoms with Crippen LogP contribution in [0.4, 0.5) is 5.69 Å². The maximum absolute atomic E-state index is 12.0. The highest BCUT2D eigenvalue weighted by molar-refractivity contribution is 6.39. The van der Waals surface area contributed by atoms with Crippen LogP contribution in [0, 0.1) is 5.92 Å². The standard InChI is InChI=1S/C20H23ClN4O2/c21-16-4-6-17(7-5-16)24-20(27)19(26)23-13-15-8-11-25(12-9-15)14-18-3-1-2-10-22-18/h1-7,10,15H,8-9,11-14H2,(H,23,26)(H,24,27). The number of piperidine rings is 1. The fourth-order valence-electron chi connectivity index (χ4n) is 3.11. The highest BCUT2D eigenvalue weighted by atomic mass is 35.5. The lowest BCUT2D eigenvalue weighted by molar-refractivity contribution is -0.136. The minimum absolute atomic E-state index is 0.386. The van der Waals surface area contributed by atoms with Gasteiger partial charge >= 0.3 is 11.8 Å². The first-order valence-electron chi connectivity index (χ1n) is 9.07. The number of aromatic nitrogens is 1. The number of hydrogen-bond donors (Lipinski definition) is 2. The van der Waals surface area contributed by atoms with Crippen molar-refractivity contribution in [2.24, 2.45) is 5.92 Å². The Kier molecular flexibility index (Phi) is 6.79. The number of pyridine rings is 1. The van der Waals surface area contributed by atoms with Crippen LogP contribution < -0.4 is 10.6 Å². The molecule has 2 aromatic rings. The van der Waals surface area contributed by atoms with Gasteiger partial charge in [-0.05, 0) is 68.2 Å². The molecule has 0 unspecified atom stereocenters. The molecule has 0 radical (unpaired) electrons. The molecule has 1 aromatic carbocycles. The van der Waals surface area contributed by atoms with Crippen molar-refractivity contribution in [3.05, 3.63) is 59.4 Å². The number of nitrogens with one attached hydrogen (secondary N) is 2. The molecular weight excluding hydrogens is 364 g/mol. The molecule has 0 saturated carbocycles. The summed E-state index contributed by atoms with van der Waals surface area (Å²) in [4.78, 5) is 30.7. The molecule has 27 heavy (non-hydrogen) atoms. The van der Waals surface area contributed by atoms with Crippen molar-refractivity contribution >= 4 is 29.1 Å². The monoisotopic (exact) mass is 386 g/mol. The van der Waals surface area contributed by atoms with Crippen molar-refractivity contribution in [3.8, 4) is 0 Å². The largest absolute Gasteiger partial charge is 0.348 e. The molecule has 2 amide bonds. The van der Waals surface area contributed by atoms with Gasteiger partial charge in [0, 0.05) is 30.0 Å². The van der Waals surface area contributed by atoms with Gasteiger partial charge < -0.3 is 10.6 Å². The van der Waals surface area contributed by atoms with E-state index in [2.05, 4.69) is 20.5 Å². The van der Waals surface area contributed by atoms with Crippen molar-refractivity contribution in [1.29, 1.82) is 0 Å². The molecular formula is C20H23ClN4O2. The first kappa shape index (κ1) is 19.3. The minimum Gasteiger partial charge on any atom is -0.348 e. The molecule has 142 valence electrons. The molecule has 1 aromatic heterocycles. The van der Waals surface area contributed by atoms with Gasteiger partial charge in [0.25, 0.3) is 0 Å². The molecule has 1 aliphatic rings. The molecule has 0 spiro atoms. The average molecular weight is 387 g/mol. The van der Waals surface area contributed by atoms with E-state index in [9.17, 15) is 9.59 Å². The second-order valence-electron chi connectivity index (χ2n) is 6.71. The maximum atomic E-state index is 12.0. The Hall–Kier alpha value is -2.44. The maximum Gasteiger partial charge on any atom is 0.313 e. The number of benzene rings is 1. The van der Waals surface area contributed by atoms with Gasteiger partial charge in [0.15, 0.2) is 0 Å². The molecule has 7 heteroatoms. The van der Waals surface area contributed by atoms with E-state index in [1.54, 1.807) is 24.3 Å². The number of carbonyl (C=O) groups is 2. The van der Waals surface area contributed by atoms with E-state index in [0.717, 1.165) is 38.2 Å². The Bertz CT molecular complexity index is 759. The number of amides is 2. The fourth-order valence-corrected chi connectivity index (χ4v) is 3.23. The summed E-state index contributed by atoms with van der Waals surface area (Å²) in [6.45, 7) is 3.30. The van der Waals surface area contributed by atoms with Crippen LogP contribution in [0.5, 0.6) is 0 Å². The lowest BCUT2D eigenvalue weighted by Gasteiger charge is -2.31. The van der Waals surface area contributed by atoms with Crippen LogP contribution in [-0.4, -0.2) is 41.3 Å². The van der Waals surface area contributed by atoms with Crippen molar-refractivity contribution in [1.82, 2.24) is 15.2 Å². The van der Waals surface area contributed by atoms with Crippen LogP contribution >= 0.6 is 11.6 Å². The summed E-state index contributed by atoms with van der Waals surface area (Å²) in [6, 6.07) is 12.6. The van der Waals surface area contributed by atoms with Gasteiger partial charge in [-0.1, -0.05) is 17.7 Å². The third-order valence-electron chi connectivity index (χ3n) is 4.68. The highest BCUT2D eigenvalue weighted by Crippen LogP contribution is 2.18. The molecule has 2 heterocycles. The third kappa shape index (κ3) is 6.05. The van der Waals surface area contributed by atoms with E-state index in [1.165, 1.54) is 0 Å². The van der Waals surface area contributed by atoms with Crippen LogP contribution in [0.15, 0.2) is 48.7 Å². The van der Waals surface area contributed by atoms with Crippen LogP contribution in [0.1, 0.15) is 18.5 Å². The van der Waals surface area contributed by atoms with Gasteiger partial charge in [-0.15, -0.1) is 0 Å². The summed E-state index contributed by atoms with van der Waals surface area (Å²) in [5.41, 5.74) is 1.62. The number of rotatable bonds is 5. The molecule has 0 atom stereocenters. The third-order valence-corrected chi connectivity index (χ3v) is 4.93. The van der Waals surface area contributed by atoms with Gasteiger partial charge in [-0.3, -0.25) is 19.5 Å². The molecule has 1 fully saturated rings. The van der Waals surface area contributed by atoms with Gasteiger partial charge in [0.1, 0.15) is 0 Å². The predicted octanol–water partition coefficient (Wildman–Crippen LogP) is 2.70. The summed E-state index contributed by atoms with van der Waals surface area (Å²) < 4.78 is 0. The first-order valence-corrected chi connectivity index (χ1v) is 9.45. The summed E-state index contributed by atoms with van der Waals surface area (Å²) in [6.07, 6.45) is 3.80. The van der Waals surface area contributed by atoms with Gasteiger partial charge in [-0.2, -0.15) is 0 Å². The Labute approximate surface area is 163 Å². The lowest BCUT2D eigenvalue weighted by atomic mass is 9.96. The van der Waals surface area contributed by atoms with E-state index in [4.69, 9.17) is 11.6 Å². The van der Waals surface area contributed by atoms with Crippen LogP contribution in [0.25, 0.3) is 0 Å². The summed E-state index contributed by atoms with van der Waals surface area (Å²) in [5.74, 6) is -0.886. The normalized spacial score (nSPS) is 15.3. The number of hydrogen-bond acceptors (Lipinski definition) is 4. The zero-order chi connectivity index (χ0) is 19.1. The number of likely N-dealkylation sites (tertiary alicyclic amines) is 1. The van der Waals surface area contributed by atoms with Gasteiger partial charge in [0.05, 0.1) is 5.69 Å². The molecule has 3 rings (SSSR count). The Morgan fingerprint density at radius 3 is 2.48 bits per heavy atom. The Morgan fingerprint density at radius 2 is 1.81 bits per heavy atom. The molecule has 0 bridgehead atoms. The molecule has 0 aliphatic carbocycles.